The first-order chi connectivity index (χ1) is 9.74. The van der Waals surface area contributed by atoms with Gasteiger partial charge in [0.15, 0.2) is 11.5 Å². The number of thioether (sulfide) groups is 1. The summed E-state index contributed by atoms with van der Waals surface area (Å²) in [6.07, 6.45) is 1.25. The predicted molar refractivity (Wildman–Crippen MR) is 86.0 cm³/mol. The molecule has 0 spiro atoms. The lowest BCUT2D eigenvalue weighted by Crippen LogP contribution is -2.20. The SMILES string of the molecule is CCC(C)CSCC(NC)c1ccc2c(c1)OCCO2. The molecular formula is C16H25NO2S. The monoisotopic (exact) mass is 295 g/mol. The van der Waals surface area contributed by atoms with E-state index in [-0.39, 0.29) is 0 Å². The van der Waals surface area contributed by atoms with Crippen LogP contribution >= 0.6 is 11.8 Å². The quantitative estimate of drug-likeness (QED) is 0.834. The molecule has 3 nitrogen and oxygen atoms in total. The molecule has 1 aliphatic heterocycles. The predicted octanol–water partition coefficient (Wildman–Crippen LogP) is 3.50. The van der Waals surface area contributed by atoms with E-state index in [2.05, 4.69) is 31.3 Å². The molecule has 2 unspecified atom stereocenters. The highest BCUT2D eigenvalue weighted by atomic mass is 32.2. The molecule has 0 saturated carbocycles. The molecule has 0 saturated heterocycles. The summed E-state index contributed by atoms with van der Waals surface area (Å²) >= 11 is 2.02. The Morgan fingerprint density at radius 2 is 1.95 bits per heavy atom. The zero-order valence-corrected chi connectivity index (χ0v) is 13.5. The Bertz CT molecular complexity index is 425. The van der Waals surface area contributed by atoms with Crippen molar-refractivity contribution in [1.29, 1.82) is 0 Å². The summed E-state index contributed by atoms with van der Waals surface area (Å²) < 4.78 is 11.2. The van der Waals surface area contributed by atoms with Crippen LogP contribution in [-0.2, 0) is 0 Å². The third-order valence-electron chi connectivity index (χ3n) is 3.70. The molecule has 2 atom stereocenters. The highest BCUT2D eigenvalue weighted by Gasteiger charge is 2.16. The van der Waals surface area contributed by atoms with Gasteiger partial charge in [-0.1, -0.05) is 26.3 Å². The van der Waals surface area contributed by atoms with E-state index in [4.69, 9.17) is 9.47 Å². The van der Waals surface area contributed by atoms with Gasteiger partial charge in [0.25, 0.3) is 0 Å². The van der Waals surface area contributed by atoms with Crippen molar-refractivity contribution < 1.29 is 9.47 Å². The van der Waals surface area contributed by atoms with Gasteiger partial charge in [0.1, 0.15) is 13.2 Å². The lowest BCUT2D eigenvalue weighted by atomic mass is 10.1. The summed E-state index contributed by atoms with van der Waals surface area (Å²) in [5, 5.41) is 3.40. The van der Waals surface area contributed by atoms with E-state index in [1.54, 1.807) is 0 Å². The van der Waals surface area contributed by atoms with Gasteiger partial charge in [-0.3, -0.25) is 0 Å². The molecule has 0 aliphatic carbocycles. The third-order valence-corrected chi connectivity index (χ3v) is 5.07. The standard InChI is InChI=1S/C16H25NO2S/c1-4-12(2)10-20-11-14(17-3)13-5-6-15-16(9-13)19-8-7-18-15/h5-6,9,12,14,17H,4,7-8,10-11H2,1-3H3. The van der Waals surface area contributed by atoms with Gasteiger partial charge in [-0.05, 0) is 36.4 Å². The van der Waals surface area contributed by atoms with E-state index in [0.717, 1.165) is 23.2 Å². The Labute approximate surface area is 126 Å². The Hall–Kier alpha value is -0.870. The smallest absolute Gasteiger partial charge is 0.161 e. The van der Waals surface area contributed by atoms with Crippen LogP contribution in [0.4, 0.5) is 0 Å². The first kappa shape index (κ1) is 15.5. The number of benzene rings is 1. The highest BCUT2D eigenvalue weighted by molar-refractivity contribution is 7.99. The molecule has 20 heavy (non-hydrogen) atoms. The van der Waals surface area contributed by atoms with Crippen molar-refractivity contribution in [1.82, 2.24) is 5.32 Å². The van der Waals surface area contributed by atoms with Gasteiger partial charge in [0.2, 0.25) is 0 Å². The van der Waals surface area contributed by atoms with Crippen LogP contribution in [0.3, 0.4) is 0 Å². The Morgan fingerprint density at radius 3 is 2.65 bits per heavy atom. The summed E-state index contributed by atoms with van der Waals surface area (Å²) in [4.78, 5) is 0. The lowest BCUT2D eigenvalue weighted by Gasteiger charge is -2.22. The second-order valence-corrected chi connectivity index (χ2v) is 6.37. The van der Waals surface area contributed by atoms with E-state index in [0.29, 0.717) is 19.3 Å². The van der Waals surface area contributed by atoms with Gasteiger partial charge >= 0.3 is 0 Å². The number of hydrogen-bond donors (Lipinski definition) is 1. The van der Waals surface area contributed by atoms with Crippen molar-refractivity contribution >= 4 is 11.8 Å². The van der Waals surface area contributed by atoms with Crippen molar-refractivity contribution in [2.24, 2.45) is 5.92 Å². The van der Waals surface area contributed by atoms with Crippen LogP contribution in [0.25, 0.3) is 0 Å². The highest BCUT2D eigenvalue weighted by Crippen LogP contribution is 2.33. The van der Waals surface area contributed by atoms with E-state index < -0.39 is 0 Å². The van der Waals surface area contributed by atoms with Crippen LogP contribution in [0, 0.1) is 5.92 Å². The van der Waals surface area contributed by atoms with Gasteiger partial charge in [0.05, 0.1) is 0 Å². The zero-order valence-electron chi connectivity index (χ0n) is 12.6. The van der Waals surface area contributed by atoms with Gasteiger partial charge in [-0.25, -0.2) is 0 Å². The van der Waals surface area contributed by atoms with Crippen molar-refractivity contribution in [2.45, 2.75) is 26.3 Å². The van der Waals surface area contributed by atoms with Crippen molar-refractivity contribution in [3.05, 3.63) is 23.8 Å². The Kier molecular flexibility index (Phi) is 6.05. The molecule has 0 aromatic heterocycles. The van der Waals surface area contributed by atoms with E-state index in [1.165, 1.54) is 17.7 Å². The van der Waals surface area contributed by atoms with Gasteiger partial charge in [-0.15, -0.1) is 0 Å². The minimum absolute atomic E-state index is 0.361. The molecule has 0 bridgehead atoms. The number of rotatable bonds is 7. The van der Waals surface area contributed by atoms with Crippen LogP contribution in [-0.4, -0.2) is 31.8 Å². The molecule has 1 aliphatic rings. The molecule has 1 aromatic rings. The fourth-order valence-corrected chi connectivity index (χ4v) is 3.50. The summed E-state index contributed by atoms with van der Waals surface area (Å²) in [7, 11) is 2.02. The van der Waals surface area contributed by atoms with Gasteiger partial charge < -0.3 is 14.8 Å². The van der Waals surface area contributed by atoms with Gasteiger partial charge in [-0.2, -0.15) is 11.8 Å². The lowest BCUT2D eigenvalue weighted by molar-refractivity contribution is 0.171. The van der Waals surface area contributed by atoms with Crippen LogP contribution in [0.1, 0.15) is 31.9 Å². The maximum absolute atomic E-state index is 5.66. The van der Waals surface area contributed by atoms with E-state index in [9.17, 15) is 0 Å². The average molecular weight is 295 g/mol. The molecular weight excluding hydrogens is 270 g/mol. The molecule has 1 heterocycles. The Morgan fingerprint density at radius 1 is 1.20 bits per heavy atom. The van der Waals surface area contributed by atoms with Crippen LogP contribution in [0.15, 0.2) is 18.2 Å². The normalized spacial score (nSPS) is 16.8. The van der Waals surface area contributed by atoms with Crippen LogP contribution in [0.5, 0.6) is 11.5 Å². The molecule has 2 rings (SSSR count). The zero-order chi connectivity index (χ0) is 14.4. The first-order valence-electron chi connectivity index (χ1n) is 7.39. The summed E-state index contributed by atoms with van der Waals surface area (Å²) in [5.74, 6) is 4.83. The minimum Gasteiger partial charge on any atom is -0.486 e. The first-order valence-corrected chi connectivity index (χ1v) is 8.54. The third kappa shape index (κ3) is 4.06. The maximum Gasteiger partial charge on any atom is 0.161 e. The Balaban J connectivity index is 1.96. The van der Waals surface area contributed by atoms with Crippen molar-refractivity contribution in [3.63, 3.8) is 0 Å². The second kappa shape index (κ2) is 7.79. The number of hydrogen-bond acceptors (Lipinski definition) is 4. The molecule has 1 aromatic carbocycles. The summed E-state index contributed by atoms with van der Waals surface area (Å²) in [6, 6.07) is 6.63. The van der Waals surface area contributed by atoms with Crippen molar-refractivity contribution in [3.8, 4) is 11.5 Å². The molecule has 0 radical (unpaired) electrons. The molecule has 112 valence electrons. The summed E-state index contributed by atoms with van der Waals surface area (Å²) in [6.45, 7) is 5.85. The minimum atomic E-state index is 0.361. The summed E-state index contributed by atoms with van der Waals surface area (Å²) in [5.41, 5.74) is 1.27. The fraction of sp³-hybridized carbons (Fsp3) is 0.625. The second-order valence-electron chi connectivity index (χ2n) is 5.30. The maximum atomic E-state index is 5.66. The topological polar surface area (TPSA) is 30.5 Å². The number of nitrogens with one attached hydrogen (secondary N) is 1. The number of ether oxygens (including phenoxy) is 2. The average Bonchev–Trinajstić information content (AvgIpc) is 2.51. The van der Waals surface area contributed by atoms with E-state index in [1.807, 2.05) is 24.9 Å². The van der Waals surface area contributed by atoms with Crippen LogP contribution < -0.4 is 14.8 Å². The van der Waals surface area contributed by atoms with Crippen LogP contribution in [0.2, 0.25) is 0 Å². The molecule has 0 fully saturated rings. The number of fused-ring (bicyclic) bond motifs is 1. The molecule has 1 N–H and O–H groups in total. The van der Waals surface area contributed by atoms with E-state index >= 15 is 0 Å². The largest absolute Gasteiger partial charge is 0.486 e. The molecule has 0 amide bonds. The van der Waals surface area contributed by atoms with Gasteiger partial charge in [0, 0.05) is 11.8 Å². The fourth-order valence-electron chi connectivity index (χ4n) is 2.13. The molecule has 4 heteroatoms. The van der Waals surface area contributed by atoms with Crippen molar-refractivity contribution in [2.75, 3.05) is 31.8 Å².